The number of carbonyl (C=O) groups is 1. The largest absolute Gasteiger partial charge is 0.423 e. The van der Waals surface area contributed by atoms with Gasteiger partial charge in [-0.25, -0.2) is 0 Å². The van der Waals surface area contributed by atoms with Crippen molar-refractivity contribution in [2.75, 3.05) is 31.1 Å². The normalized spacial score (nSPS) is 20.6. The number of nitrogens with zero attached hydrogens (tertiary/aromatic N) is 3. The molecule has 2 aromatic rings. The average molecular weight is 315 g/mol. The van der Waals surface area contributed by atoms with Crippen molar-refractivity contribution in [3.05, 3.63) is 23.8 Å². The quantitative estimate of drug-likeness (QED) is 0.913. The van der Waals surface area contributed by atoms with Gasteiger partial charge in [-0.3, -0.25) is 4.79 Å². The Balaban J connectivity index is 1.45. The van der Waals surface area contributed by atoms with Gasteiger partial charge in [-0.05, 0) is 43.9 Å². The second-order valence-corrected chi connectivity index (χ2v) is 6.63. The van der Waals surface area contributed by atoms with Crippen LogP contribution in [0.25, 0.3) is 11.1 Å². The fourth-order valence-corrected chi connectivity index (χ4v) is 3.28. The molecule has 2 aliphatic rings. The predicted octanol–water partition coefficient (Wildman–Crippen LogP) is 1.70. The Bertz CT molecular complexity index is 743. The molecule has 2 heterocycles. The zero-order valence-corrected chi connectivity index (χ0v) is 13.3. The van der Waals surface area contributed by atoms with Gasteiger partial charge in [0.1, 0.15) is 11.1 Å². The summed E-state index contributed by atoms with van der Waals surface area (Å²) in [5, 5.41) is 10.2. The number of benzene rings is 1. The second kappa shape index (κ2) is 5.23. The third-order valence-corrected chi connectivity index (χ3v) is 4.95. The van der Waals surface area contributed by atoms with E-state index >= 15 is 0 Å². The third kappa shape index (κ3) is 2.47. The topological polar surface area (TPSA) is 69.8 Å². The summed E-state index contributed by atoms with van der Waals surface area (Å²) in [6.45, 7) is 4.57. The smallest absolute Gasteiger partial charge is 0.298 e. The van der Waals surface area contributed by atoms with Crippen molar-refractivity contribution in [3.8, 4) is 0 Å². The van der Waals surface area contributed by atoms with Crippen molar-refractivity contribution >= 4 is 23.0 Å². The Labute approximate surface area is 134 Å². The van der Waals surface area contributed by atoms with E-state index in [0.29, 0.717) is 45.0 Å². The Morgan fingerprint density at radius 3 is 2.65 bits per heavy atom. The fourth-order valence-electron chi connectivity index (χ4n) is 3.28. The molecule has 1 saturated heterocycles. The van der Waals surface area contributed by atoms with Crippen LogP contribution >= 0.6 is 0 Å². The SMILES string of the molecule is Cc1ccc2oc(N3CCN(C(=O)C4(O)CCC4)CC3)nc2c1. The zero-order valence-electron chi connectivity index (χ0n) is 13.3. The molecule has 1 aromatic carbocycles. The molecule has 0 atom stereocenters. The number of amides is 1. The van der Waals surface area contributed by atoms with Crippen molar-refractivity contribution in [2.24, 2.45) is 0 Å². The summed E-state index contributed by atoms with van der Waals surface area (Å²) in [4.78, 5) is 20.7. The van der Waals surface area contributed by atoms with E-state index in [9.17, 15) is 9.90 Å². The molecule has 1 aliphatic carbocycles. The summed E-state index contributed by atoms with van der Waals surface area (Å²) in [5.41, 5.74) is 1.70. The maximum atomic E-state index is 12.3. The molecular weight excluding hydrogens is 294 g/mol. The van der Waals surface area contributed by atoms with Gasteiger partial charge >= 0.3 is 0 Å². The van der Waals surface area contributed by atoms with Crippen LogP contribution in [-0.2, 0) is 4.79 Å². The van der Waals surface area contributed by atoms with Crippen molar-refractivity contribution in [1.29, 1.82) is 0 Å². The lowest BCUT2D eigenvalue weighted by Crippen LogP contribution is -2.58. The number of aryl methyl sites for hydroxylation is 1. The minimum Gasteiger partial charge on any atom is -0.423 e. The number of rotatable bonds is 2. The van der Waals surface area contributed by atoms with Crippen LogP contribution in [0.1, 0.15) is 24.8 Å². The molecule has 1 aliphatic heterocycles. The van der Waals surface area contributed by atoms with Crippen LogP contribution in [0.4, 0.5) is 6.01 Å². The highest BCUT2D eigenvalue weighted by atomic mass is 16.4. The number of hydrogen-bond donors (Lipinski definition) is 1. The van der Waals surface area contributed by atoms with Gasteiger partial charge < -0.3 is 19.3 Å². The molecule has 1 amide bonds. The number of hydrogen-bond acceptors (Lipinski definition) is 5. The fraction of sp³-hybridized carbons (Fsp3) is 0.529. The highest BCUT2D eigenvalue weighted by Gasteiger charge is 2.45. The first kappa shape index (κ1) is 14.5. The number of anilines is 1. The van der Waals surface area contributed by atoms with Crippen molar-refractivity contribution < 1.29 is 14.3 Å². The van der Waals surface area contributed by atoms with E-state index in [-0.39, 0.29) is 5.91 Å². The first-order valence-corrected chi connectivity index (χ1v) is 8.19. The third-order valence-electron chi connectivity index (χ3n) is 4.95. The van der Waals surface area contributed by atoms with E-state index in [1.54, 1.807) is 4.90 Å². The summed E-state index contributed by atoms with van der Waals surface area (Å²) < 4.78 is 5.82. The van der Waals surface area contributed by atoms with E-state index < -0.39 is 5.60 Å². The molecule has 6 heteroatoms. The Hall–Kier alpha value is -2.08. The average Bonchev–Trinajstić information content (AvgIpc) is 2.95. The van der Waals surface area contributed by atoms with Gasteiger partial charge in [-0.2, -0.15) is 4.98 Å². The van der Waals surface area contributed by atoms with Crippen LogP contribution in [0.2, 0.25) is 0 Å². The van der Waals surface area contributed by atoms with Crippen LogP contribution in [0.15, 0.2) is 22.6 Å². The van der Waals surface area contributed by atoms with Gasteiger partial charge in [-0.1, -0.05) is 6.07 Å². The molecule has 0 spiro atoms. The number of fused-ring (bicyclic) bond motifs is 1. The summed E-state index contributed by atoms with van der Waals surface area (Å²) in [6.07, 6.45) is 2.12. The zero-order chi connectivity index (χ0) is 16.0. The Morgan fingerprint density at radius 1 is 1.26 bits per heavy atom. The van der Waals surface area contributed by atoms with E-state index in [0.717, 1.165) is 23.1 Å². The molecular formula is C17H21N3O3. The summed E-state index contributed by atoms with van der Waals surface area (Å²) in [5.74, 6) is -0.114. The maximum Gasteiger partial charge on any atom is 0.298 e. The van der Waals surface area contributed by atoms with Crippen molar-refractivity contribution in [2.45, 2.75) is 31.8 Å². The van der Waals surface area contributed by atoms with E-state index in [2.05, 4.69) is 9.88 Å². The Kier molecular flexibility index (Phi) is 3.30. The Morgan fingerprint density at radius 2 is 2.00 bits per heavy atom. The molecule has 0 radical (unpaired) electrons. The van der Waals surface area contributed by atoms with Crippen LogP contribution in [0.3, 0.4) is 0 Å². The van der Waals surface area contributed by atoms with Gasteiger partial charge in [0.2, 0.25) is 0 Å². The lowest BCUT2D eigenvalue weighted by atomic mass is 9.79. The summed E-state index contributed by atoms with van der Waals surface area (Å²) >= 11 is 0. The van der Waals surface area contributed by atoms with Crippen molar-refractivity contribution in [1.82, 2.24) is 9.88 Å². The van der Waals surface area contributed by atoms with Crippen LogP contribution in [0, 0.1) is 6.92 Å². The van der Waals surface area contributed by atoms with E-state index in [4.69, 9.17) is 4.42 Å². The van der Waals surface area contributed by atoms with Gasteiger partial charge in [0.15, 0.2) is 5.58 Å². The molecule has 1 saturated carbocycles. The molecule has 2 fully saturated rings. The van der Waals surface area contributed by atoms with Crippen LogP contribution < -0.4 is 4.90 Å². The minimum atomic E-state index is -1.10. The second-order valence-electron chi connectivity index (χ2n) is 6.63. The molecule has 6 nitrogen and oxygen atoms in total. The number of aromatic nitrogens is 1. The first-order valence-electron chi connectivity index (χ1n) is 8.19. The van der Waals surface area contributed by atoms with Crippen molar-refractivity contribution in [3.63, 3.8) is 0 Å². The maximum absolute atomic E-state index is 12.3. The van der Waals surface area contributed by atoms with Gasteiger partial charge in [0.05, 0.1) is 0 Å². The van der Waals surface area contributed by atoms with Crippen LogP contribution in [-0.4, -0.2) is 52.7 Å². The molecule has 4 rings (SSSR count). The van der Waals surface area contributed by atoms with Gasteiger partial charge in [0.25, 0.3) is 11.9 Å². The molecule has 1 aromatic heterocycles. The lowest BCUT2D eigenvalue weighted by molar-refractivity contribution is -0.160. The summed E-state index contributed by atoms with van der Waals surface area (Å²) in [6, 6.07) is 6.56. The van der Waals surface area contributed by atoms with E-state index in [1.807, 2.05) is 25.1 Å². The number of carbonyl (C=O) groups excluding carboxylic acids is 1. The number of aliphatic hydroxyl groups is 1. The number of piperazine rings is 1. The van der Waals surface area contributed by atoms with Gasteiger partial charge in [-0.15, -0.1) is 0 Å². The first-order chi connectivity index (χ1) is 11.0. The molecule has 0 bridgehead atoms. The highest BCUT2D eigenvalue weighted by Crippen LogP contribution is 2.34. The molecule has 0 unspecified atom stereocenters. The predicted molar refractivity (Wildman–Crippen MR) is 86.3 cm³/mol. The molecule has 23 heavy (non-hydrogen) atoms. The molecule has 1 N–H and O–H groups in total. The van der Waals surface area contributed by atoms with Crippen LogP contribution in [0.5, 0.6) is 0 Å². The standard InChI is InChI=1S/C17H21N3O3/c1-12-3-4-14-13(11-12)18-16(23-14)20-9-7-19(8-10-20)15(21)17(22)5-2-6-17/h3-4,11,22H,2,5-10H2,1H3. The molecule has 122 valence electrons. The monoisotopic (exact) mass is 315 g/mol. The number of oxazole rings is 1. The highest BCUT2D eigenvalue weighted by molar-refractivity contribution is 5.86. The summed E-state index contributed by atoms with van der Waals surface area (Å²) in [7, 11) is 0. The lowest BCUT2D eigenvalue weighted by Gasteiger charge is -2.42. The minimum absolute atomic E-state index is 0.114. The van der Waals surface area contributed by atoms with Gasteiger partial charge in [0, 0.05) is 26.2 Å². The van der Waals surface area contributed by atoms with E-state index in [1.165, 1.54) is 0 Å².